The van der Waals surface area contributed by atoms with Crippen molar-refractivity contribution in [2.45, 2.75) is 45.4 Å². The van der Waals surface area contributed by atoms with Crippen molar-refractivity contribution >= 4 is 33.3 Å². The van der Waals surface area contributed by atoms with Crippen LogP contribution < -0.4 is 9.62 Å². The molecule has 8 nitrogen and oxygen atoms in total. The van der Waals surface area contributed by atoms with Crippen molar-refractivity contribution in [1.82, 2.24) is 9.78 Å². The maximum Gasteiger partial charge on any atom is 0.264 e. The van der Waals surface area contributed by atoms with Gasteiger partial charge in [0.25, 0.3) is 10.0 Å². The average Bonchev–Trinajstić information content (AvgIpc) is 3.02. The molecule has 2 heterocycles. The van der Waals surface area contributed by atoms with Gasteiger partial charge in [0.05, 0.1) is 16.3 Å². The summed E-state index contributed by atoms with van der Waals surface area (Å²) in [7, 11) is -2.35. The molecule has 1 aliphatic rings. The predicted molar refractivity (Wildman–Crippen MR) is 127 cm³/mol. The standard InChI is InChI=1S/C24H26N4O4S/c1-14-7-9-19(12-16(14)3)27(5)33(31,32)20-13-18(8-6-15(20)2)23-17(4)26-28-22(30)11-10-21(29)25-24(23)28/h6-9,12-13H,10-11H2,1-5H3,(H,25,29). The van der Waals surface area contributed by atoms with Crippen molar-refractivity contribution in [2.24, 2.45) is 0 Å². The molecular weight excluding hydrogens is 440 g/mol. The fourth-order valence-corrected chi connectivity index (χ4v) is 5.37. The molecule has 0 saturated heterocycles. The van der Waals surface area contributed by atoms with Gasteiger partial charge in [0, 0.05) is 25.5 Å². The molecule has 0 unspecified atom stereocenters. The van der Waals surface area contributed by atoms with Crippen LogP contribution in [0.2, 0.25) is 0 Å². The number of anilines is 2. The van der Waals surface area contributed by atoms with Crippen molar-refractivity contribution in [3.8, 4) is 11.1 Å². The summed E-state index contributed by atoms with van der Waals surface area (Å²) in [6.45, 7) is 7.38. The number of hydrogen-bond acceptors (Lipinski definition) is 5. The molecule has 0 saturated carbocycles. The number of hydrogen-bond donors (Lipinski definition) is 1. The third-order valence-electron chi connectivity index (χ3n) is 6.09. The van der Waals surface area contributed by atoms with E-state index in [4.69, 9.17) is 0 Å². The Kier molecular flexibility index (Phi) is 5.61. The van der Waals surface area contributed by atoms with Crippen LogP contribution in [-0.4, -0.2) is 37.1 Å². The number of aromatic nitrogens is 2. The number of rotatable bonds is 4. The summed E-state index contributed by atoms with van der Waals surface area (Å²) in [5.74, 6) is -0.292. The molecule has 0 bridgehead atoms. The molecule has 0 radical (unpaired) electrons. The van der Waals surface area contributed by atoms with Crippen LogP contribution in [0.25, 0.3) is 11.1 Å². The fourth-order valence-electron chi connectivity index (χ4n) is 3.93. The van der Waals surface area contributed by atoms with E-state index in [1.54, 1.807) is 38.1 Å². The number of benzene rings is 2. The number of aryl methyl sites for hydroxylation is 4. The minimum Gasteiger partial charge on any atom is -0.310 e. The van der Waals surface area contributed by atoms with Crippen LogP contribution in [0, 0.1) is 27.7 Å². The van der Waals surface area contributed by atoms with E-state index in [9.17, 15) is 18.0 Å². The molecule has 1 aliphatic heterocycles. The van der Waals surface area contributed by atoms with Gasteiger partial charge < -0.3 is 5.32 Å². The maximum atomic E-state index is 13.6. The zero-order chi connectivity index (χ0) is 24.1. The second-order valence-electron chi connectivity index (χ2n) is 8.38. The molecule has 0 fully saturated rings. The first kappa shape index (κ1) is 22.7. The van der Waals surface area contributed by atoms with Gasteiger partial charge in [-0.05, 0) is 68.1 Å². The van der Waals surface area contributed by atoms with Crippen LogP contribution in [0.1, 0.15) is 40.0 Å². The van der Waals surface area contributed by atoms with E-state index in [-0.39, 0.29) is 35.4 Å². The monoisotopic (exact) mass is 466 g/mol. The van der Waals surface area contributed by atoms with Crippen LogP contribution in [0.15, 0.2) is 41.3 Å². The van der Waals surface area contributed by atoms with Crippen LogP contribution in [0.3, 0.4) is 0 Å². The highest BCUT2D eigenvalue weighted by molar-refractivity contribution is 7.92. The van der Waals surface area contributed by atoms with Gasteiger partial charge in [-0.2, -0.15) is 9.78 Å². The summed E-state index contributed by atoms with van der Waals surface area (Å²) in [4.78, 5) is 24.7. The zero-order valence-electron chi connectivity index (χ0n) is 19.3. The first-order valence-corrected chi connectivity index (χ1v) is 12.0. The van der Waals surface area contributed by atoms with Gasteiger partial charge in [-0.15, -0.1) is 0 Å². The summed E-state index contributed by atoms with van der Waals surface area (Å²) in [5.41, 5.74) is 4.85. The van der Waals surface area contributed by atoms with E-state index in [1.165, 1.54) is 16.0 Å². The van der Waals surface area contributed by atoms with Gasteiger partial charge in [0.2, 0.25) is 11.8 Å². The number of carbonyl (C=O) groups excluding carboxylic acids is 2. The summed E-state index contributed by atoms with van der Waals surface area (Å²) in [5, 5.41) is 7.06. The zero-order valence-corrected chi connectivity index (χ0v) is 20.1. The highest BCUT2D eigenvalue weighted by atomic mass is 32.2. The number of nitrogens with one attached hydrogen (secondary N) is 1. The lowest BCUT2D eigenvalue weighted by Gasteiger charge is -2.22. The van der Waals surface area contributed by atoms with E-state index >= 15 is 0 Å². The summed E-state index contributed by atoms with van der Waals surface area (Å²) < 4.78 is 29.6. The third kappa shape index (κ3) is 3.93. The molecule has 1 amide bonds. The number of amides is 1. The lowest BCUT2D eigenvalue weighted by atomic mass is 10.0. The molecule has 9 heteroatoms. The molecular formula is C24H26N4O4S. The Hall–Kier alpha value is -3.46. The fraction of sp³-hybridized carbons (Fsp3) is 0.292. The van der Waals surface area contributed by atoms with E-state index in [2.05, 4.69) is 10.4 Å². The number of sulfonamides is 1. The van der Waals surface area contributed by atoms with Gasteiger partial charge in [0.15, 0.2) is 0 Å². The van der Waals surface area contributed by atoms with E-state index in [0.717, 1.165) is 11.1 Å². The summed E-state index contributed by atoms with van der Waals surface area (Å²) >= 11 is 0. The number of nitrogens with zero attached hydrogens (tertiary/aromatic N) is 3. The second-order valence-corrected chi connectivity index (χ2v) is 10.3. The van der Waals surface area contributed by atoms with Gasteiger partial charge in [0.1, 0.15) is 5.82 Å². The van der Waals surface area contributed by atoms with Crippen molar-refractivity contribution in [1.29, 1.82) is 0 Å². The Morgan fingerprint density at radius 3 is 2.33 bits per heavy atom. The van der Waals surface area contributed by atoms with Gasteiger partial charge in [-0.3, -0.25) is 13.9 Å². The molecule has 0 aliphatic carbocycles. The second kappa shape index (κ2) is 8.15. The first-order valence-electron chi connectivity index (χ1n) is 10.6. The average molecular weight is 467 g/mol. The van der Waals surface area contributed by atoms with Crippen LogP contribution in [-0.2, 0) is 14.8 Å². The minimum absolute atomic E-state index is 0.0632. The molecule has 0 atom stereocenters. The molecule has 1 N–H and O–H groups in total. The van der Waals surface area contributed by atoms with Gasteiger partial charge >= 0.3 is 0 Å². The lowest BCUT2D eigenvalue weighted by molar-refractivity contribution is -0.116. The van der Waals surface area contributed by atoms with Crippen LogP contribution in [0.4, 0.5) is 11.5 Å². The van der Waals surface area contributed by atoms with Gasteiger partial charge in [-0.1, -0.05) is 18.2 Å². The largest absolute Gasteiger partial charge is 0.310 e. The highest BCUT2D eigenvalue weighted by Gasteiger charge is 2.28. The Bertz CT molecular complexity index is 1410. The minimum atomic E-state index is -3.88. The SMILES string of the molecule is Cc1ccc(N(C)S(=O)(=O)c2cc(-c3c(C)nn4c3NC(=O)CCC4=O)ccc2C)cc1C. The molecule has 4 rings (SSSR count). The van der Waals surface area contributed by atoms with E-state index in [1.807, 2.05) is 26.0 Å². The predicted octanol–water partition coefficient (Wildman–Crippen LogP) is 3.98. The molecule has 1 aromatic heterocycles. The van der Waals surface area contributed by atoms with Crippen molar-refractivity contribution in [2.75, 3.05) is 16.7 Å². The number of carbonyl (C=O) groups is 2. The summed E-state index contributed by atoms with van der Waals surface area (Å²) in [6, 6.07) is 10.6. The molecule has 3 aromatic rings. The third-order valence-corrected chi connectivity index (χ3v) is 8.02. The van der Waals surface area contributed by atoms with Crippen molar-refractivity contribution in [3.63, 3.8) is 0 Å². The normalized spacial score (nSPS) is 14.0. The van der Waals surface area contributed by atoms with Crippen LogP contribution in [0.5, 0.6) is 0 Å². The Balaban J connectivity index is 1.84. The van der Waals surface area contributed by atoms with Crippen LogP contribution >= 0.6 is 0 Å². The summed E-state index contributed by atoms with van der Waals surface area (Å²) in [6.07, 6.45) is 0.142. The lowest BCUT2D eigenvalue weighted by Crippen LogP contribution is -2.27. The molecule has 0 spiro atoms. The first-order chi connectivity index (χ1) is 15.5. The molecule has 2 aromatic carbocycles. The quantitative estimate of drug-likeness (QED) is 0.627. The maximum absolute atomic E-state index is 13.6. The Labute approximate surface area is 193 Å². The van der Waals surface area contributed by atoms with Crippen molar-refractivity contribution in [3.05, 3.63) is 58.8 Å². The van der Waals surface area contributed by atoms with Gasteiger partial charge in [-0.25, -0.2) is 8.42 Å². The van der Waals surface area contributed by atoms with Crippen molar-refractivity contribution < 1.29 is 18.0 Å². The molecule has 33 heavy (non-hydrogen) atoms. The number of fused-ring (bicyclic) bond motifs is 1. The van der Waals surface area contributed by atoms with E-state index < -0.39 is 10.0 Å². The highest BCUT2D eigenvalue weighted by Crippen LogP contribution is 2.36. The smallest absolute Gasteiger partial charge is 0.264 e. The van der Waals surface area contributed by atoms with E-state index in [0.29, 0.717) is 28.1 Å². The Morgan fingerprint density at radius 1 is 0.939 bits per heavy atom. The Morgan fingerprint density at radius 2 is 1.64 bits per heavy atom. The molecule has 172 valence electrons. The topological polar surface area (TPSA) is 101 Å².